The fraction of sp³-hybridized carbons (Fsp3) is 0.333. The Morgan fingerprint density at radius 1 is 1.20 bits per heavy atom. The maximum Gasteiger partial charge on any atom is 0.240 e. The fourth-order valence-electron chi connectivity index (χ4n) is 3.67. The predicted molar refractivity (Wildman–Crippen MR) is 119 cm³/mol. The number of hydrogen-bond acceptors (Lipinski definition) is 5. The zero-order chi connectivity index (χ0) is 21.1. The summed E-state index contributed by atoms with van der Waals surface area (Å²) in [5.41, 5.74) is 0.949. The van der Waals surface area contributed by atoms with Crippen LogP contribution in [0, 0.1) is 0 Å². The van der Waals surface area contributed by atoms with Gasteiger partial charge in [0.25, 0.3) is 0 Å². The number of benzene rings is 2. The number of nitrogens with one attached hydrogen (secondary N) is 1. The van der Waals surface area contributed by atoms with E-state index in [0.29, 0.717) is 11.6 Å². The molecule has 0 spiro atoms. The van der Waals surface area contributed by atoms with Crippen molar-refractivity contribution in [2.45, 2.75) is 36.6 Å². The SMILES string of the molecule is O=C(CCNS(=O)(=O)c1cccc(Cl)c1)N1CCCCC1c1nc2ccccc2s1. The first-order valence-electron chi connectivity index (χ1n) is 9.84. The van der Waals surface area contributed by atoms with Gasteiger partial charge in [0, 0.05) is 24.5 Å². The van der Waals surface area contributed by atoms with Crippen molar-refractivity contribution in [1.29, 1.82) is 0 Å². The molecule has 9 heteroatoms. The van der Waals surface area contributed by atoms with Gasteiger partial charge < -0.3 is 4.90 Å². The second-order valence-electron chi connectivity index (χ2n) is 7.22. The zero-order valence-electron chi connectivity index (χ0n) is 16.3. The van der Waals surface area contributed by atoms with Crippen molar-refractivity contribution in [3.63, 3.8) is 0 Å². The number of piperidine rings is 1. The largest absolute Gasteiger partial charge is 0.333 e. The molecule has 1 unspecified atom stereocenters. The number of para-hydroxylation sites is 1. The van der Waals surface area contributed by atoms with E-state index < -0.39 is 10.0 Å². The average molecular weight is 464 g/mol. The molecule has 2 heterocycles. The molecule has 0 bridgehead atoms. The smallest absolute Gasteiger partial charge is 0.240 e. The molecule has 3 aromatic rings. The van der Waals surface area contributed by atoms with Crippen molar-refractivity contribution >= 4 is 49.1 Å². The molecular weight excluding hydrogens is 442 g/mol. The Morgan fingerprint density at radius 3 is 2.83 bits per heavy atom. The molecule has 0 saturated carbocycles. The predicted octanol–water partition coefficient (Wildman–Crippen LogP) is 4.37. The first-order valence-corrected chi connectivity index (χ1v) is 12.5. The first kappa shape index (κ1) is 21.2. The summed E-state index contributed by atoms with van der Waals surface area (Å²) >= 11 is 7.51. The maximum absolute atomic E-state index is 12.9. The van der Waals surface area contributed by atoms with Crippen LogP contribution in [0.1, 0.15) is 36.7 Å². The molecule has 1 aliphatic rings. The minimum Gasteiger partial charge on any atom is -0.333 e. The number of amides is 1. The lowest BCUT2D eigenvalue weighted by atomic mass is 10.0. The molecule has 1 amide bonds. The van der Waals surface area contributed by atoms with E-state index in [0.717, 1.165) is 34.5 Å². The van der Waals surface area contributed by atoms with Crippen LogP contribution in [0.2, 0.25) is 5.02 Å². The van der Waals surface area contributed by atoms with Crippen molar-refractivity contribution in [3.8, 4) is 0 Å². The lowest BCUT2D eigenvalue weighted by Crippen LogP contribution is -2.40. The van der Waals surface area contributed by atoms with Crippen molar-refractivity contribution in [2.75, 3.05) is 13.1 Å². The highest BCUT2D eigenvalue weighted by molar-refractivity contribution is 7.89. The summed E-state index contributed by atoms with van der Waals surface area (Å²) in [7, 11) is -3.71. The summed E-state index contributed by atoms with van der Waals surface area (Å²) < 4.78 is 28.5. The Labute approximate surface area is 184 Å². The van der Waals surface area contributed by atoms with E-state index >= 15 is 0 Å². The summed E-state index contributed by atoms with van der Waals surface area (Å²) in [6, 6.07) is 14.0. The number of thiazole rings is 1. The number of hydrogen-bond donors (Lipinski definition) is 1. The van der Waals surface area contributed by atoms with Gasteiger partial charge in [0.1, 0.15) is 5.01 Å². The van der Waals surface area contributed by atoms with Crippen LogP contribution in [0.15, 0.2) is 53.4 Å². The van der Waals surface area contributed by atoms with Gasteiger partial charge in [0.05, 0.1) is 21.2 Å². The molecule has 1 aromatic heterocycles. The van der Waals surface area contributed by atoms with Crippen LogP contribution in [0.25, 0.3) is 10.2 Å². The zero-order valence-corrected chi connectivity index (χ0v) is 18.6. The van der Waals surface area contributed by atoms with Crippen LogP contribution >= 0.6 is 22.9 Å². The normalized spacial score (nSPS) is 17.4. The van der Waals surface area contributed by atoms with E-state index in [-0.39, 0.29) is 29.8 Å². The van der Waals surface area contributed by atoms with Gasteiger partial charge in [-0.15, -0.1) is 11.3 Å². The number of likely N-dealkylation sites (tertiary alicyclic amines) is 1. The summed E-state index contributed by atoms with van der Waals surface area (Å²) in [4.78, 5) is 19.6. The Hall–Kier alpha value is -2.00. The van der Waals surface area contributed by atoms with Crippen molar-refractivity contribution in [3.05, 3.63) is 58.6 Å². The van der Waals surface area contributed by atoms with Crippen molar-refractivity contribution in [1.82, 2.24) is 14.6 Å². The minimum absolute atomic E-state index is 0.0384. The second-order valence-corrected chi connectivity index (χ2v) is 10.5. The maximum atomic E-state index is 12.9. The molecule has 1 atom stereocenters. The molecule has 1 fully saturated rings. The summed E-state index contributed by atoms with van der Waals surface area (Å²) in [6.07, 6.45) is 2.97. The molecule has 4 rings (SSSR count). The quantitative estimate of drug-likeness (QED) is 0.588. The van der Waals surface area contributed by atoms with Crippen molar-refractivity contribution in [2.24, 2.45) is 0 Å². The van der Waals surface area contributed by atoms with Gasteiger partial charge in [-0.2, -0.15) is 0 Å². The topological polar surface area (TPSA) is 79.4 Å². The molecule has 1 saturated heterocycles. The molecule has 158 valence electrons. The number of nitrogens with zero attached hydrogens (tertiary/aromatic N) is 2. The Bertz CT molecular complexity index is 1130. The highest BCUT2D eigenvalue weighted by Gasteiger charge is 2.30. The highest BCUT2D eigenvalue weighted by Crippen LogP contribution is 2.35. The number of carbonyl (C=O) groups excluding carboxylic acids is 1. The summed E-state index contributed by atoms with van der Waals surface area (Å²) in [5.74, 6) is -0.0623. The highest BCUT2D eigenvalue weighted by atomic mass is 35.5. The van der Waals surface area contributed by atoms with E-state index in [2.05, 4.69) is 4.72 Å². The van der Waals surface area contributed by atoms with Gasteiger partial charge in [-0.1, -0.05) is 29.8 Å². The van der Waals surface area contributed by atoms with Gasteiger partial charge in [0.2, 0.25) is 15.9 Å². The van der Waals surface area contributed by atoms with E-state index in [1.54, 1.807) is 23.5 Å². The molecule has 1 aliphatic heterocycles. The van der Waals surface area contributed by atoms with Crippen LogP contribution < -0.4 is 4.72 Å². The third-order valence-electron chi connectivity index (χ3n) is 5.16. The second kappa shape index (κ2) is 9.01. The molecule has 30 heavy (non-hydrogen) atoms. The monoisotopic (exact) mass is 463 g/mol. The van der Waals surface area contributed by atoms with Gasteiger partial charge in [-0.3, -0.25) is 4.79 Å². The van der Waals surface area contributed by atoms with Crippen LogP contribution in [-0.2, 0) is 14.8 Å². The van der Waals surface area contributed by atoms with E-state index in [4.69, 9.17) is 16.6 Å². The molecule has 1 N–H and O–H groups in total. The number of carbonyl (C=O) groups is 1. The van der Waals surface area contributed by atoms with Crippen LogP contribution in [-0.4, -0.2) is 37.3 Å². The lowest BCUT2D eigenvalue weighted by molar-refractivity contribution is -0.134. The van der Waals surface area contributed by atoms with Crippen LogP contribution in [0.5, 0.6) is 0 Å². The summed E-state index contributed by atoms with van der Waals surface area (Å²) in [6.45, 7) is 0.706. The van der Waals surface area contributed by atoms with E-state index in [1.807, 2.05) is 29.2 Å². The number of fused-ring (bicyclic) bond motifs is 1. The van der Waals surface area contributed by atoms with Gasteiger partial charge in [-0.05, 0) is 49.6 Å². The fourth-order valence-corrected chi connectivity index (χ4v) is 6.12. The molecule has 2 aromatic carbocycles. The van der Waals surface area contributed by atoms with Crippen LogP contribution in [0.3, 0.4) is 0 Å². The molecule has 0 radical (unpaired) electrons. The Kier molecular flexibility index (Phi) is 6.38. The third kappa shape index (κ3) is 4.67. The Morgan fingerprint density at radius 2 is 2.03 bits per heavy atom. The molecule has 6 nitrogen and oxygen atoms in total. The van der Waals surface area contributed by atoms with E-state index in [1.165, 1.54) is 12.1 Å². The number of sulfonamides is 1. The standard InChI is InChI=1S/C21H22ClN3O3S2/c22-15-6-5-7-16(14-15)30(27,28)23-12-11-20(26)25-13-4-3-9-18(25)21-24-17-8-1-2-10-19(17)29-21/h1-2,5-8,10,14,18,23H,3-4,9,11-13H2. The van der Waals surface area contributed by atoms with Crippen molar-refractivity contribution < 1.29 is 13.2 Å². The lowest BCUT2D eigenvalue weighted by Gasteiger charge is -2.34. The first-order chi connectivity index (χ1) is 14.4. The van der Waals surface area contributed by atoms with Gasteiger partial charge in [0.15, 0.2) is 0 Å². The number of halogens is 1. The minimum atomic E-state index is -3.71. The Balaban J connectivity index is 1.42. The van der Waals surface area contributed by atoms with Gasteiger partial charge in [-0.25, -0.2) is 18.1 Å². The van der Waals surface area contributed by atoms with Crippen LogP contribution in [0.4, 0.5) is 0 Å². The summed E-state index contributed by atoms with van der Waals surface area (Å²) in [5, 5.41) is 1.30. The third-order valence-corrected chi connectivity index (χ3v) is 7.99. The number of rotatable bonds is 6. The average Bonchev–Trinajstić information content (AvgIpc) is 3.18. The molecular formula is C21H22ClN3O3S2. The van der Waals surface area contributed by atoms with E-state index in [9.17, 15) is 13.2 Å². The number of aromatic nitrogens is 1. The molecule has 0 aliphatic carbocycles. The van der Waals surface area contributed by atoms with Gasteiger partial charge >= 0.3 is 0 Å².